The molecule has 7 nitrogen and oxygen atoms in total. The summed E-state index contributed by atoms with van der Waals surface area (Å²) in [6.45, 7) is 3.88. The van der Waals surface area contributed by atoms with Crippen LogP contribution in [0, 0.1) is 0 Å². The van der Waals surface area contributed by atoms with Crippen LogP contribution in [-0.4, -0.2) is 48.2 Å². The van der Waals surface area contributed by atoms with Crippen LogP contribution in [0.2, 0.25) is 0 Å². The van der Waals surface area contributed by atoms with Gasteiger partial charge in [-0.25, -0.2) is 0 Å². The van der Waals surface area contributed by atoms with Gasteiger partial charge in [0, 0.05) is 45.3 Å². The summed E-state index contributed by atoms with van der Waals surface area (Å²) in [6.07, 6.45) is 7.66. The number of carbonyl (C=O) groups is 4. The summed E-state index contributed by atoms with van der Waals surface area (Å²) >= 11 is 0. The summed E-state index contributed by atoms with van der Waals surface area (Å²) in [5.41, 5.74) is 0. The molecule has 7 heteroatoms. The number of imide groups is 1. The first-order valence-corrected chi connectivity index (χ1v) is 9.91. The molecule has 1 saturated heterocycles. The van der Waals surface area contributed by atoms with Crippen LogP contribution in [0.1, 0.15) is 77.6 Å². The highest BCUT2D eigenvalue weighted by atomic mass is 16.2. The fraction of sp³-hybridized carbons (Fsp3) is 0.789. The summed E-state index contributed by atoms with van der Waals surface area (Å²) in [4.78, 5) is 47.4. The van der Waals surface area contributed by atoms with Crippen molar-refractivity contribution >= 4 is 23.6 Å². The van der Waals surface area contributed by atoms with Crippen molar-refractivity contribution in [2.24, 2.45) is 0 Å². The van der Waals surface area contributed by atoms with Gasteiger partial charge in [-0.05, 0) is 32.1 Å². The maximum atomic E-state index is 11.7. The van der Waals surface area contributed by atoms with Gasteiger partial charge in [0.1, 0.15) is 0 Å². The third-order valence-corrected chi connectivity index (χ3v) is 4.42. The normalized spacial score (nSPS) is 14.0. The van der Waals surface area contributed by atoms with E-state index in [-0.39, 0.29) is 23.6 Å². The van der Waals surface area contributed by atoms with Crippen LogP contribution < -0.4 is 10.6 Å². The molecule has 0 aromatic carbocycles. The number of hydrogen-bond acceptors (Lipinski definition) is 4. The van der Waals surface area contributed by atoms with Crippen molar-refractivity contribution in [3.8, 4) is 0 Å². The fourth-order valence-corrected chi connectivity index (χ4v) is 2.86. The minimum atomic E-state index is -0.0735. The second-order valence-corrected chi connectivity index (χ2v) is 6.76. The smallest absolute Gasteiger partial charge is 0.229 e. The Morgan fingerprint density at radius 3 is 1.92 bits per heavy atom. The molecule has 148 valence electrons. The topological polar surface area (TPSA) is 95.6 Å². The molecule has 0 bridgehead atoms. The number of nitrogens with zero attached hydrogens (tertiary/aromatic N) is 1. The largest absolute Gasteiger partial charge is 0.356 e. The number of unbranched alkanes of at least 4 members (excludes halogenated alkanes) is 4. The van der Waals surface area contributed by atoms with Gasteiger partial charge in [-0.2, -0.15) is 0 Å². The average Bonchev–Trinajstić information content (AvgIpc) is 2.94. The van der Waals surface area contributed by atoms with E-state index in [9.17, 15) is 19.2 Å². The standard InChI is InChI=1S/C19H33N3O4/c1-2-13-20-16(23)9-5-3-7-14-21-17(24)10-6-4-8-15-22-18(25)11-12-19(22)26/h2-15H2,1H3,(H,20,23)(H,21,24). The summed E-state index contributed by atoms with van der Waals surface area (Å²) in [5, 5.41) is 5.74. The van der Waals surface area contributed by atoms with Gasteiger partial charge in [0.05, 0.1) is 0 Å². The number of amides is 4. The zero-order valence-corrected chi connectivity index (χ0v) is 16.0. The molecule has 1 fully saturated rings. The predicted molar refractivity (Wildman–Crippen MR) is 99.2 cm³/mol. The third kappa shape index (κ3) is 9.53. The van der Waals surface area contributed by atoms with E-state index in [0.29, 0.717) is 38.8 Å². The molecule has 0 unspecified atom stereocenters. The van der Waals surface area contributed by atoms with E-state index in [1.165, 1.54) is 4.90 Å². The molecule has 1 aliphatic heterocycles. The average molecular weight is 367 g/mol. The summed E-state index contributed by atoms with van der Waals surface area (Å²) in [6, 6.07) is 0. The van der Waals surface area contributed by atoms with Gasteiger partial charge in [0.2, 0.25) is 23.6 Å². The van der Waals surface area contributed by atoms with Crippen molar-refractivity contribution in [3.05, 3.63) is 0 Å². The van der Waals surface area contributed by atoms with Crippen molar-refractivity contribution in [3.63, 3.8) is 0 Å². The lowest BCUT2D eigenvalue weighted by Crippen LogP contribution is -2.30. The molecule has 0 aromatic rings. The minimum Gasteiger partial charge on any atom is -0.356 e. The van der Waals surface area contributed by atoms with Crippen LogP contribution >= 0.6 is 0 Å². The van der Waals surface area contributed by atoms with E-state index in [2.05, 4.69) is 10.6 Å². The number of nitrogens with one attached hydrogen (secondary N) is 2. The maximum absolute atomic E-state index is 11.7. The molecule has 0 aliphatic carbocycles. The lowest BCUT2D eigenvalue weighted by molar-refractivity contribution is -0.138. The fourth-order valence-electron chi connectivity index (χ4n) is 2.86. The molecule has 1 heterocycles. The quantitative estimate of drug-likeness (QED) is 0.362. The summed E-state index contributed by atoms with van der Waals surface area (Å²) in [7, 11) is 0. The molecule has 1 aliphatic rings. The molecule has 0 radical (unpaired) electrons. The van der Waals surface area contributed by atoms with Crippen molar-refractivity contribution < 1.29 is 19.2 Å². The second kappa shape index (κ2) is 13.3. The van der Waals surface area contributed by atoms with Crippen molar-refractivity contribution in [1.82, 2.24) is 15.5 Å². The van der Waals surface area contributed by atoms with E-state index in [1.54, 1.807) is 0 Å². The summed E-state index contributed by atoms with van der Waals surface area (Å²) < 4.78 is 0. The van der Waals surface area contributed by atoms with Crippen LogP contribution in [0.3, 0.4) is 0 Å². The SMILES string of the molecule is CCCNC(=O)CCCCCNC(=O)CCCCCN1C(=O)CCC1=O. The van der Waals surface area contributed by atoms with Crippen LogP contribution in [0.5, 0.6) is 0 Å². The van der Waals surface area contributed by atoms with Crippen molar-refractivity contribution in [1.29, 1.82) is 0 Å². The Kier molecular flexibility index (Phi) is 11.3. The molecule has 1 rings (SSSR count). The first kappa shape index (κ1) is 22.1. The monoisotopic (exact) mass is 367 g/mol. The number of likely N-dealkylation sites (tertiary alicyclic amines) is 1. The van der Waals surface area contributed by atoms with E-state index < -0.39 is 0 Å². The Morgan fingerprint density at radius 2 is 1.35 bits per heavy atom. The van der Waals surface area contributed by atoms with Crippen LogP contribution in [0.4, 0.5) is 0 Å². The molecule has 0 atom stereocenters. The molecule has 0 spiro atoms. The Morgan fingerprint density at radius 1 is 0.808 bits per heavy atom. The summed E-state index contributed by atoms with van der Waals surface area (Å²) in [5.74, 6) is -0.00148. The van der Waals surface area contributed by atoms with Gasteiger partial charge in [0.25, 0.3) is 0 Å². The Bertz CT molecular complexity index is 463. The second-order valence-electron chi connectivity index (χ2n) is 6.76. The Labute approximate surface area is 156 Å². The molecule has 0 saturated carbocycles. The zero-order valence-electron chi connectivity index (χ0n) is 16.0. The molecule has 0 aromatic heterocycles. The highest BCUT2D eigenvalue weighted by Crippen LogP contribution is 2.13. The highest BCUT2D eigenvalue weighted by Gasteiger charge is 2.27. The first-order chi connectivity index (χ1) is 12.5. The van der Waals surface area contributed by atoms with E-state index in [4.69, 9.17) is 0 Å². The molecular weight excluding hydrogens is 334 g/mol. The van der Waals surface area contributed by atoms with E-state index in [1.807, 2.05) is 6.92 Å². The molecular formula is C19H33N3O4. The molecule has 26 heavy (non-hydrogen) atoms. The number of carbonyl (C=O) groups excluding carboxylic acids is 4. The van der Waals surface area contributed by atoms with Gasteiger partial charge in [0.15, 0.2) is 0 Å². The zero-order chi connectivity index (χ0) is 19.2. The van der Waals surface area contributed by atoms with Crippen LogP contribution in [0.25, 0.3) is 0 Å². The van der Waals surface area contributed by atoms with Crippen molar-refractivity contribution in [2.45, 2.75) is 77.6 Å². The number of hydrogen-bond donors (Lipinski definition) is 2. The van der Waals surface area contributed by atoms with E-state index in [0.717, 1.165) is 51.5 Å². The third-order valence-electron chi connectivity index (χ3n) is 4.42. The maximum Gasteiger partial charge on any atom is 0.229 e. The predicted octanol–water partition coefficient (Wildman–Crippen LogP) is 1.90. The minimum absolute atomic E-state index is 0.0408. The highest BCUT2D eigenvalue weighted by molar-refractivity contribution is 6.01. The van der Waals surface area contributed by atoms with E-state index >= 15 is 0 Å². The van der Waals surface area contributed by atoms with Crippen LogP contribution in [0.15, 0.2) is 0 Å². The Balaban J connectivity index is 1.90. The van der Waals surface area contributed by atoms with Gasteiger partial charge in [-0.15, -0.1) is 0 Å². The lowest BCUT2D eigenvalue weighted by Gasteiger charge is -2.13. The van der Waals surface area contributed by atoms with Crippen molar-refractivity contribution in [2.75, 3.05) is 19.6 Å². The lowest BCUT2D eigenvalue weighted by atomic mass is 10.1. The van der Waals surface area contributed by atoms with Gasteiger partial charge in [-0.1, -0.05) is 19.8 Å². The van der Waals surface area contributed by atoms with Gasteiger partial charge < -0.3 is 10.6 Å². The van der Waals surface area contributed by atoms with Crippen LogP contribution in [-0.2, 0) is 19.2 Å². The molecule has 4 amide bonds. The first-order valence-electron chi connectivity index (χ1n) is 9.91. The Hall–Kier alpha value is -1.92. The number of rotatable bonds is 14. The van der Waals surface area contributed by atoms with Gasteiger partial charge >= 0.3 is 0 Å². The van der Waals surface area contributed by atoms with Gasteiger partial charge in [-0.3, -0.25) is 24.1 Å². The molecule has 2 N–H and O–H groups in total.